The Hall–Kier alpha value is -3.55. The highest BCUT2D eigenvalue weighted by Gasteiger charge is 2.31. The second-order valence-electron chi connectivity index (χ2n) is 7.54. The monoisotopic (exact) mass is 443 g/mol. The van der Waals surface area contributed by atoms with Crippen LogP contribution in [-0.4, -0.2) is 22.9 Å². The van der Waals surface area contributed by atoms with Gasteiger partial charge in [-0.2, -0.15) is 0 Å². The number of carbonyl (C=O) groups excluding carboxylic acids is 2. The van der Waals surface area contributed by atoms with Gasteiger partial charge in [0.15, 0.2) is 5.78 Å². The van der Waals surface area contributed by atoms with Crippen LogP contribution in [0.25, 0.3) is 0 Å². The predicted molar refractivity (Wildman–Crippen MR) is 107 cm³/mol. The number of halogens is 4. The van der Waals surface area contributed by atoms with Gasteiger partial charge in [0, 0.05) is 36.9 Å². The van der Waals surface area contributed by atoms with E-state index < -0.39 is 23.8 Å². The number of carbonyl (C=O) groups is 2. The number of benzene rings is 2. The molecule has 0 bridgehead atoms. The molecule has 0 N–H and O–H groups in total. The number of alkyl halides is 3. The Morgan fingerprint density at radius 1 is 1.03 bits per heavy atom. The third-order valence-corrected chi connectivity index (χ3v) is 5.33. The summed E-state index contributed by atoms with van der Waals surface area (Å²) in [5.41, 5.74) is 2.51. The van der Waals surface area contributed by atoms with Crippen LogP contribution in [0.15, 0.2) is 60.8 Å². The zero-order valence-corrected chi connectivity index (χ0v) is 16.7. The van der Waals surface area contributed by atoms with Crippen molar-refractivity contribution in [3.63, 3.8) is 0 Å². The summed E-state index contributed by atoms with van der Waals surface area (Å²) < 4.78 is 55.7. The Morgan fingerprint density at radius 3 is 2.44 bits per heavy atom. The molecular formula is C24H17F4NO3. The lowest BCUT2D eigenvalue weighted by Crippen LogP contribution is -2.17. The second kappa shape index (κ2) is 8.53. The zero-order chi connectivity index (χ0) is 22.9. The van der Waals surface area contributed by atoms with Gasteiger partial charge in [0.1, 0.15) is 17.3 Å². The maximum absolute atomic E-state index is 14.5. The van der Waals surface area contributed by atoms with Crippen molar-refractivity contribution in [3.8, 4) is 5.75 Å². The van der Waals surface area contributed by atoms with Crippen LogP contribution in [0, 0.1) is 5.82 Å². The number of nitrogens with zero attached hydrogens (tertiary/aromatic N) is 1. The van der Waals surface area contributed by atoms with E-state index in [4.69, 9.17) is 0 Å². The number of fused-ring (bicyclic) bond motifs is 1. The Kier molecular flexibility index (Phi) is 5.78. The Labute approximate surface area is 180 Å². The maximum atomic E-state index is 14.5. The molecule has 0 saturated heterocycles. The molecule has 0 aliphatic heterocycles. The molecule has 3 aromatic rings. The first-order valence-corrected chi connectivity index (χ1v) is 9.82. The quantitative estimate of drug-likeness (QED) is 0.389. The number of rotatable bonds is 6. The van der Waals surface area contributed by atoms with Crippen LogP contribution in [0.4, 0.5) is 17.6 Å². The third kappa shape index (κ3) is 4.85. The van der Waals surface area contributed by atoms with Crippen molar-refractivity contribution in [1.82, 2.24) is 4.98 Å². The lowest BCUT2D eigenvalue weighted by molar-refractivity contribution is -0.274. The van der Waals surface area contributed by atoms with Crippen molar-refractivity contribution in [2.24, 2.45) is 0 Å². The van der Waals surface area contributed by atoms with Crippen LogP contribution >= 0.6 is 0 Å². The molecule has 32 heavy (non-hydrogen) atoms. The SMILES string of the molecule is O=C1Cc2ccc(C(=O)C[C@@H](c3ccc(OC(F)(F)F)cc3)c3ncccc3F)cc2C1. The van der Waals surface area contributed by atoms with Crippen LogP contribution in [0.1, 0.15) is 45.1 Å². The zero-order valence-electron chi connectivity index (χ0n) is 16.7. The van der Waals surface area contributed by atoms with Crippen LogP contribution < -0.4 is 4.74 Å². The van der Waals surface area contributed by atoms with Gasteiger partial charge in [-0.3, -0.25) is 14.6 Å². The molecule has 8 heteroatoms. The molecule has 1 heterocycles. The van der Waals surface area contributed by atoms with Crippen molar-refractivity contribution in [2.45, 2.75) is 31.5 Å². The normalized spacial score (nSPS) is 14.2. The summed E-state index contributed by atoms with van der Waals surface area (Å²) in [6.07, 6.45) is -2.98. The van der Waals surface area contributed by atoms with E-state index in [1.54, 1.807) is 18.2 Å². The van der Waals surface area contributed by atoms with E-state index in [-0.39, 0.29) is 30.1 Å². The minimum absolute atomic E-state index is 0.0154. The molecule has 2 aromatic carbocycles. The summed E-state index contributed by atoms with van der Waals surface area (Å²) in [5.74, 6) is -2.08. The first-order valence-electron chi connectivity index (χ1n) is 9.82. The van der Waals surface area contributed by atoms with Gasteiger partial charge in [0.25, 0.3) is 0 Å². The highest BCUT2D eigenvalue weighted by molar-refractivity contribution is 5.98. The van der Waals surface area contributed by atoms with Crippen LogP contribution in [0.3, 0.4) is 0 Å². The molecule has 164 valence electrons. The Balaban J connectivity index is 1.64. The van der Waals surface area contributed by atoms with Gasteiger partial charge < -0.3 is 4.74 Å². The average Bonchev–Trinajstić information content (AvgIpc) is 3.11. The fourth-order valence-corrected chi connectivity index (χ4v) is 3.86. The summed E-state index contributed by atoms with van der Waals surface area (Å²) in [5, 5.41) is 0. The number of Topliss-reactive ketones (excluding diaryl/α,β-unsaturated/α-hetero) is 2. The molecule has 0 fully saturated rings. The summed E-state index contributed by atoms with van der Waals surface area (Å²) in [6.45, 7) is 0. The number of ether oxygens (including phenoxy) is 1. The fraction of sp³-hybridized carbons (Fsp3) is 0.208. The van der Waals surface area contributed by atoms with Gasteiger partial charge in [-0.05, 0) is 47.0 Å². The van der Waals surface area contributed by atoms with E-state index in [2.05, 4.69) is 9.72 Å². The molecule has 0 unspecified atom stereocenters. The first kappa shape index (κ1) is 21.7. The minimum Gasteiger partial charge on any atom is -0.406 e. The van der Waals surface area contributed by atoms with Crippen molar-refractivity contribution >= 4 is 11.6 Å². The number of hydrogen-bond acceptors (Lipinski definition) is 4. The Morgan fingerprint density at radius 2 is 1.75 bits per heavy atom. The van der Waals surface area contributed by atoms with Gasteiger partial charge in [0.2, 0.25) is 0 Å². The number of pyridine rings is 1. The minimum atomic E-state index is -4.83. The second-order valence-corrected chi connectivity index (χ2v) is 7.54. The first-order chi connectivity index (χ1) is 15.2. The fourth-order valence-electron chi connectivity index (χ4n) is 3.86. The molecule has 0 saturated carbocycles. The molecule has 1 aliphatic carbocycles. The van der Waals surface area contributed by atoms with E-state index in [9.17, 15) is 27.2 Å². The maximum Gasteiger partial charge on any atom is 0.573 e. The van der Waals surface area contributed by atoms with Gasteiger partial charge in [-0.1, -0.05) is 24.3 Å². The summed E-state index contributed by atoms with van der Waals surface area (Å²) >= 11 is 0. The largest absolute Gasteiger partial charge is 0.573 e. The third-order valence-electron chi connectivity index (χ3n) is 5.33. The topological polar surface area (TPSA) is 56.3 Å². The predicted octanol–water partition coefficient (Wildman–Crippen LogP) is 5.19. The Bertz CT molecular complexity index is 1170. The average molecular weight is 443 g/mol. The van der Waals surface area contributed by atoms with Crippen LogP contribution in [0.2, 0.25) is 0 Å². The molecule has 0 amide bonds. The van der Waals surface area contributed by atoms with Gasteiger partial charge >= 0.3 is 6.36 Å². The van der Waals surface area contributed by atoms with Crippen molar-refractivity contribution in [1.29, 1.82) is 0 Å². The summed E-state index contributed by atoms with van der Waals surface area (Å²) in [6, 6.07) is 12.6. The number of ketones is 2. The van der Waals surface area contributed by atoms with E-state index >= 15 is 0 Å². The van der Waals surface area contributed by atoms with Crippen LogP contribution in [-0.2, 0) is 17.6 Å². The van der Waals surface area contributed by atoms with E-state index in [1.807, 2.05) is 0 Å². The van der Waals surface area contributed by atoms with Crippen molar-refractivity contribution in [2.75, 3.05) is 0 Å². The molecular weight excluding hydrogens is 426 g/mol. The number of aromatic nitrogens is 1. The molecule has 1 aliphatic rings. The summed E-state index contributed by atoms with van der Waals surface area (Å²) in [4.78, 5) is 28.8. The van der Waals surface area contributed by atoms with Gasteiger partial charge in [-0.25, -0.2) is 4.39 Å². The lowest BCUT2D eigenvalue weighted by atomic mass is 9.87. The van der Waals surface area contributed by atoms with E-state index in [0.29, 0.717) is 17.5 Å². The van der Waals surface area contributed by atoms with Gasteiger partial charge in [0.05, 0.1) is 5.69 Å². The number of hydrogen-bond donors (Lipinski definition) is 0. The van der Waals surface area contributed by atoms with Crippen molar-refractivity contribution in [3.05, 3.63) is 94.6 Å². The van der Waals surface area contributed by atoms with Crippen molar-refractivity contribution < 1.29 is 31.9 Å². The molecule has 1 aromatic heterocycles. The molecule has 1 atom stereocenters. The molecule has 0 radical (unpaired) electrons. The van der Waals surface area contributed by atoms with E-state index in [1.165, 1.54) is 30.5 Å². The molecule has 0 spiro atoms. The van der Waals surface area contributed by atoms with Gasteiger partial charge in [-0.15, -0.1) is 13.2 Å². The van der Waals surface area contributed by atoms with Crippen LogP contribution in [0.5, 0.6) is 5.75 Å². The summed E-state index contributed by atoms with van der Waals surface area (Å²) in [7, 11) is 0. The highest BCUT2D eigenvalue weighted by Crippen LogP contribution is 2.32. The standard InChI is InChI=1S/C24H17F4NO3/c25-21-2-1-9-29-23(21)20(14-5-7-19(8-6-14)32-24(26,27)28)13-22(31)16-4-3-15-11-18(30)12-17(15)10-16/h1-10,20H,11-13H2/t20-/m0/s1. The smallest absolute Gasteiger partial charge is 0.406 e. The highest BCUT2D eigenvalue weighted by atomic mass is 19.4. The lowest BCUT2D eigenvalue weighted by Gasteiger charge is -2.18. The van der Waals surface area contributed by atoms with E-state index in [0.717, 1.165) is 23.3 Å². The molecule has 4 rings (SSSR count). The molecule has 4 nitrogen and oxygen atoms in total.